The van der Waals surface area contributed by atoms with Crippen LogP contribution in [0.15, 0.2) is 47.3 Å². The number of pyridine rings is 1. The van der Waals surface area contributed by atoms with Gasteiger partial charge in [-0.3, -0.25) is 4.79 Å². The Balaban J connectivity index is 2.49. The fourth-order valence-corrected chi connectivity index (χ4v) is 1.67. The molecule has 0 fully saturated rings. The van der Waals surface area contributed by atoms with Gasteiger partial charge in [0.2, 0.25) is 0 Å². The largest absolute Gasteiger partial charge is 0.325 e. The highest BCUT2D eigenvalue weighted by Gasteiger charge is 2.05. The molecule has 16 heavy (non-hydrogen) atoms. The van der Waals surface area contributed by atoms with Crippen LogP contribution in [0.25, 0.3) is 11.1 Å². The van der Waals surface area contributed by atoms with Gasteiger partial charge in [0.15, 0.2) is 0 Å². The fraction of sp³-hybridized carbons (Fsp3) is 0.214. The van der Waals surface area contributed by atoms with E-state index in [0.29, 0.717) is 5.92 Å². The average Bonchev–Trinajstić information content (AvgIpc) is 2.30. The third-order valence-electron chi connectivity index (χ3n) is 2.64. The predicted octanol–water partition coefficient (Wildman–Crippen LogP) is 3.17. The Morgan fingerprint density at radius 1 is 1.00 bits per heavy atom. The van der Waals surface area contributed by atoms with Crippen molar-refractivity contribution in [1.29, 1.82) is 0 Å². The highest BCUT2D eigenvalue weighted by atomic mass is 16.1. The van der Waals surface area contributed by atoms with E-state index < -0.39 is 0 Å². The summed E-state index contributed by atoms with van der Waals surface area (Å²) in [7, 11) is 0. The molecule has 0 radical (unpaired) electrons. The maximum absolute atomic E-state index is 11.9. The minimum Gasteiger partial charge on any atom is -0.325 e. The van der Waals surface area contributed by atoms with Gasteiger partial charge in [0.25, 0.3) is 5.56 Å². The summed E-state index contributed by atoms with van der Waals surface area (Å²) in [6.45, 7) is 4.13. The number of hydrogen-bond donors (Lipinski definition) is 1. The SMILES string of the molecule is CC(C)c1ccc(-c2ccccc2)c(=O)[nH]1. The Bertz CT molecular complexity index is 526. The van der Waals surface area contributed by atoms with Crippen LogP contribution in [0.3, 0.4) is 0 Å². The maximum Gasteiger partial charge on any atom is 0.256 e. The van der Waals surface area contributed by atoms with Gasteiger partial charge < -0.3 is 4.98 Å². The van der Waals surface area contributed by atoms with Gasteiger partial charge in [-0.05, 0) is 23.6 Å². The van der Waals surface area contributed by atoms with E-state index in [9.17, 15) is 4.79 Å². The molecule has 0 saturated carbocycles. The molecule has 0 spiro atoms. The average molecular weight is 213 g/mol. The van der Waals surface area contributed by atoms with E-state index in [1.165, 1.54) is 0 Å². The minimum absolute atomic E-state index is 0.0163. The van der Waals surface area contributed by atoms with Gasteiger partial charge in [0.1, 0.15) is 0 Å². The Kier molecular flexibility index (Phi) is 2.91. The number of hydrogen-bond acceptors (Lipinski definition) is 1. The molecule has 0 aliphatic heterocycles. The highest BCUT2D eigenvalue weighted by molar-refractivity contribution is 5.62. The molecule has 2 heteroatoms. The lowest BCUT2D eigenvalue weighted by molar-refractivity contribution is 0.816. The van der Waals surface area contributed by atoms with Crippen LogP contribution in [-0.2, 0) is 0 Å². The third-order valence-corrected chi connectivity index (χ3v) is 2.64. The molecule has 82 valence electrons. The number of rotatable bonds is 2. The molecule has 0 bridgehead atoms. The summed E-state index contributed by atoms with van der Waals surface area (Å²) in [4.78, 5) is 14.8. The highest BCUT2D eigenvalue weighted by Crippen LogP contribution is 2.16. The summed E-state index contributed by atoms with van der Waals surface area (Å²) < 4.78 is 0. The molecule has 0 atom stereocenters. The first-order chi connectivity index (χ1) is 7.68. The van der Waals surface area contributed by atoms with Crippen molar-refractivity contribution in [2.75, 3.05) is 0 Å². The Morgan fingerprint density at radius 2 is 1.69 bits per heavy atom. The van der Waals surface area contributed by atoms with Gasteiger partial charge in [-0.1, -0.05) is 44.2 Å². The van der Waals surface area contributed by atoms with Gasteiger partial charge in [-0.2, -0.15) is 0 Å². The maximum atomic E-state index is 11.9. The van der Waals surface area contributed by atoms with Crippen molar-refractivity contribution in [3.05, 3.63) is 58.5 Å². The lowest BCUT2D eigenvalue weighted by Crippen LogP contribution is -2.11. The van der Waals surface area contributed by atoms with Crippen molar-refractivity contribution in [3.63, 3.8) is 0 Å². The van der Waals surface area contributed by atoms with Crippen LogP contribution in [0.5, 0.6) is 0 Å². The molecule has 1 heterocycles. The van der Waals surface area contributed by atoms with Crippen molar-refractivity contribution in [1.82, 2.24) is 4.98 Å². The van der Waals surface area contributed by atoms with E-state index in [4.69, 9.17) is 0 Å². The summed E-state index contributed by atoms with van der Waals surface area (Å²) in [6, 6.07) is 13.6. The van der Waals surface area contributed by atoms with Gasteiger partial charge in [0.05, 0.1) is 0 Å². The summed E-state index contributed by atoms with van der Waals surface area (Å²) in [6.07, 6.45) is 0. The standard InChI is InChI=1S/C14H15NO/c1-10(2)13-9-8-12(14(16)15-13)11-6-4-3-5-7-11/h3-10H,1-2H3,(H,15,16). The number of aromatic amines is 1. The predicted molar refractivity (Wildman–Crippen MR) is 66.6 cm³/mol. The minimum atomic E-state index is -0.0163. The summed E-state index contributed by atoms with van der Waals surface area (Å²) in [5, 5.41) is 0. The molecule has 1 aromatic carbocycles. The van der Waals surface area contributed by atoms with Crippen LogP contribution in [0.2, 0.25) is 0 Å². The molecule has 2 aromatic rings. The van der Waals surface area contributed by atoms with E-state index in [-0.39, 0.29) is 5.56 Å². The Morgan fingerprint density at radius 3 is 2.25 bits per heavy atom. The van der Waals surface area contributed by atoms with Gasteiger partial charge >= 0.3 is 0 Å². The van der Waals surface area contributed by atoms with Crippen molar-refractivity contribution >= 4 is 0 Å². The number of aromatic nitrogens is 1. The first-order valence-corrected chi connectivity index (χ1v) is 5.47. The van der Waals surface area contributed by atoms with Crippen LogP contribution < -0.4 is 5.56 Å². The summed E-state index contributed by atoms with van der Waals surface area (Å²) >= 11 is 0. The zero-order valence-corrected chi connectivity index (χ0v) is 9.53. The molecule has 0 aliphatic rings. The lowest BCUT2D eigenvalue weighted by atomic mass is 10.0. The van der Waals surface area contributed by atoms with Crippen LogP contribution >= 0.6 is 0 Å². The van der Waals surface area contributed by atoms with Crippen molar-refractivity contribution in [3.8, 4) is 11.1 Å². The van der Waals surface area contributed by atoms with Crippen LogP contribution in [0.4, 0.5) is 0 Å². The van der Waals surface area contributed by atoms with E-state index in [2.05, 4.69) is 18.8 Å². The van der Waals surface area contributed by atoms with Gasteiger partial charge in [0, 0.05) is 11.3 Å². The molecule has 1 N–H and O–H groups in total. The summed E-state index contributed by atoms with van der Waals surface area (Å²) in [5.41, 5.74) is 2.64. The first-order valence-electron chi connectivity index (χ1n) is 5.47. The van der Waals surface area contributed by atoms with Crippen LogP contribution in [0, 0.1) is 0 Å². The van der Waals surface area contributed by atoms with Crippen molar-refractivity contribution in [2.45, 2.75) is 19.8 Å². The zero-order valence-electron chi connectivity index (χ0n) is 9.53. The number of nitrogens with one attached hydrogen (secondary N) is 1. The second-order valence-electron chi connectivity index (χ2n) is 4.18. The van der Waals surface area contributed by atoms with Gasteiger partial charge in [-0.15, -0.1) is 0 Å². The normalized spacial score (nSPS) is 10.7. The van der Waals surface area contributed by atoms with E-state index >= 15 is 0 Å². The van der Waals surface area contributed by atoms with E-state index in [0.717, 1.165) is 16.8 Å². The van der Waals surface area contributed by atoms with Crippen LogP contribution in [-0.4, -0.2) is 4.98 Å². The smallest absolute Gasteiger partial charge is 0.256 e. The Labute approximate surface area is 95.0 Å². The monoisotopic (exact) mass is 213 g/mol. The summed E-state index contributed by atoms with van der Waals surface area (Å²) in [5.74, 6) is 0.345. The third kappa shape index (κ3) is 2.06. The van der Waals surface area contributed by atoms with E-state index in [1.54, 1.807) is 0 Å². The number of H-pyrrole nitrogens is 1. The molecular formula is C14H15NO. The number of benzene rings is 1. The zero-order chi connectivity index (χ0) is 11.5. The molecule has 0 unspecified atom stereocenters. The molecule has 1 aromatic heterocycles. The fourth-order valence-electron chi connectivity index (χ4n) is 1.67. The van der Waals surface area contributed by atoms with Crippen molar-refractivity contribution in [2.24, 2.45) is 0 Å². The van der Waals surface area contributed by atoms with E-state index in [1.807, 2.05) is 42.5 Å². The molecule has 0 saturated heterocycles. The first kappa shape index (κ1) is 10.7. The van der Waals surface area contributed by atoms with Crippen molar-refractivity contribution < 1.29 is 0 Å². The topological polar surface area (TPSA) is 32.9 Å². The van der Waals surface area contributed by atoms with Crippen LogP contribution in [0.1, 0.15) is 25.5 Å². The lowest BCUT2D eigenvalue weighted by Gasteiger charge is -2.06. The molecule has 0 amide bonds. The Hall–Kier alpha value is -1.83. The molecule has 0 aliphatic carbocycles. The molecular weight excluding hydrogens is 198 g/mol. The quantitative estimate of drug-likeness (QED) is 0.816. The molecule has 2 nitrogen and oxygen atoms in total. The van der Waals surface area contributed by atoms with Gasteiger partial charge in [-0.25, -0.2) is 0 Å². The molecule has 2 rings (SSSR count). The second kappa shape index (κ2) is 4.35. The second-order valence-corrected chi connectivity index (χ2v) is 4.18.